The zero-order valence-corrected chi connectivity index (χ0v) is 15.0. The largest absolute Gasteiger partial charge is 0.411 e. The molecule has 4 rings (SSSR count). The van der Waals surface area contributed by atoms with Crippen LogP contribution in [0.4, 0.5) is 33.5 Å². The molecule has 0 unspecified atom stereocenters. The molecule has 30 heavy (non-hydrogen) atoms. The predicted molar refractivity (Wildman–Crippen MR) is 92.5 cm³/mol. The number of nitrogens with one attached hydrogen (secondary N) is 2. The molecule has 14 heteroatoms. The topological polar surface area (TPSA) is 100 Å². The van der Waals surface area contributed by atoms with Crippen molar-refractivity contribution in [1.29, 1.82) is 0 Å². The summed E-state index contributed by atoms with van der Waals surface area (Å²) in [6, 6.07) is -0.544. The maximum atomic E-state index is 13.4. The smallest absolute Gasteiger partial charge is 0.377 e. The fourth-order valence-corrected chi connectivity index (χ4v) is 3.08. The summed E-state index contributed by atoms with van der Waals surface area (Å²) >= 11 is 0. The predicted octanol–water partition coefficient (Wildman–Crippen LogP) is 2.41. The SMILES string of the molecule is O=C(Nc1cn[nH]c1C(F)F)c1cnn2ccc(N3CCOC[C@H]3C(F)(F)F)nc12. The first-order valence-corrected chi connectivity index (χ1v) is 8.64. The van der Waals surface area contributed by atoms with Gasteiger partial charge in [0.05, 0.1) is 31.3 Å². The average Bonchev–Trinajstić information content (AvgIpc) is 3.33. The van der Waals surface area contributed by atoms with E-state index < -0.39 is 36.9 Å². The van der Waals surface area contributed by atoms with Crippen LogP contribution in [0.15, 0.2) is 24.7 Å². The molecule has 0 aliphatic carbocycles. The summed E-state index contributed by atoms with van der Waals surface area (Å²) in [6.45, 7) is -0.501. The summed E-state index contributed by atoms with van der Waals surface area (Å²) in [6.07, 6.45) is -3.91. The second-order valence-corrected chi connectivity index (χ2v) is 6.39. The molecule has 1 fully saturated rings. The highest BCUT2D eigenvalue weighted by molar-refractivity contribution is 6.08. The zero-order chi connectivity index (χ0) is 21.5. The summed E-state index contributed by atoms with van der Waals surface area (Å²) in [5, 5.41) is 11.8. The second-order valence-electron chi connectivity index (χ2n) is 6.39. The van der Waals surface area contributed by atoms with Crippen LogP contribution in [-0.4, -0.2) is 62.7 Å². The van der Waals surface area contributed by atoms with Crippen molar-refractivity contribution < 1.29 is 31.5 Å². The van der Waals surface area contributed by atoms with E-state index >= 15 is 0 Å². The Balaban J connectivity index is 1.66. The molecule has 1 aliphatic rings. The molecule has 4 heterocycles. The van der Waals surface area contributed by atoms with Crippen molar-refractivity contribution in [1.82, 2.24) is 24.8 Å². The fraction of sp³-hybridized carbons (Fsp3) is 0.375. The van der Waals surface area contributed by atoms with E-state index in [-0.39, 0.29) is 35.9 Å². The lowest BCUT2D eigenvalue weighted by Crippen LogP contribution is -2.54. The van der Waals surface area contributed by atoms with E-state index in [9.17, 15) is 26.7 Å². The molecular formula is C16H14F5N7O2. The Bertz CT molecular complexity index is 1060. The summed E-state index contributed by atoms with van der Waals surface area (Å²) in [4.78, 5) is 17.8. The van der Waals surface area contributed by atoms with E-state index in [1.54, 1.807) is 0 Å². The standard InChI is InChI=1S/C16H14F5N7O2/c17-13(18)12-9(6-22-26-12)24-15(29)8-5-23-28-2-1-11(25-14(8)28)27-3-4-30-7-10(27)16(19,20)21/h1-2,5-6,10,13H,3-4,7H2,(H,22,26)(H,24,29)/t10-/m0/s1. The summed E-state index contributed by atoms with van der Waals surface area (Å²) in [7, 11) is 0. The van der Waals surface area contributed by atoms with Crippen LogP contribution in [0.5, 0.6) is 0 Å². The Kier molecular flexibility index (Phi) is 5.01. The van der Waals surface area contributed by atoms with E-state index in [0.29, 0.717) is 0 Å². The first kappa shape index (κ1) is 20.0. The van der Waals surface area contributed by atoms with Crippen molar-refractivity contribution in [2.24, 2.45) is 0 Å². The Morgan fingerprint density at radius 1 is 1.33 bits per heavy atom. The summed E-state index contributed by atoms with van der Waals surface area (Å²) in [5.41, 5.74) is -0.930. The van der Waals surface area contributed by atoms with E-state index in [2.05, 4.69) is 25.6 Å². The highest BCUT2D eigenvalue weighted by atomic mass is 19.4. The van der Waals surface area contributed by atoms with Crippen LogP contribution in [0.2, 0.25) is 0 Å². The maximum absolute atomic E-state index is 13.4. The average molecular weight is 431 g/mol. The first-order chi connectivity index (χ1) is 14.3. The molecule has 160 valence electrons. The Morgan fingerprint density at radius 3 is 2.87 bits per heavy atom. The van der Waals surface area contributed by atoms with Crippen LogP contribution in [-0.2, 0) is 4.74 Å². The van der Waals surface area contributed by atoms with Gasteiger partial charge in [-0.1, -0.05) is 0 Å². The van der Waals surface area contributed by atoms with Crippen molar-refractivity contribution in [3.63, 3.8) is 0 Å². The number of fused-ring (bicyclic) bond motifs is 1. The number of carbonyl (C=O) groups is 1. The summed E-state index contributed by atoms with van der Waals surface area (Å²) < 4.78 is 72.1. The van der Waals surface area contributed by atoms with Gasteiger partial charge in [0.2, 0.25) is 0 Å². The van der Waals surface area contributed by atoms with Crippen LogP contribution in [0.25, 0.3) is 5.65 Å². The number of alkyl halides is 5. The molecular weight excluding hydrogens is 417 g/mol. The number of rotatable bonds is 4. The Hall–Kier alpha value is -3.29. The molecule has 3 aromatic rings. The van der Waals surface area contributed by atoms with Crippen molar-refractivity contribution >= 4 is 23.1 Å². The number of amides is 1. The van der Waals surface area contributed by atoms with Gasteiger partial charge >= 0.3 is 6.18 Å². The van der Waals surface area contributed by atoms with Gasteiger partial charge in [0, 0.05) is 12.7 Å². The number of hydrogen-bond acceptors (Lipinski definition) is 6. The van der Waals surface area contributed by atoms with E-state index in [0.717, 1.165) is 17.3 Å². The number of aromatic nitrogens is 5. The monoisotopic (exact) mass is 431 g/mol. The van der Waals surface area contributed by atoms with Crippen molar-refractivity contribution in [3.8, 4) is 0 Å². The van der Waals surface area contributed by atoms with Gasteiger partial charge in [-0.25, -0.2) is 18.3 Å². The minimum absolute atomic E-state index is 0.0146. The molecule has 0 aromatic carbocycles. The van der Waals surface area contributed by atoms with Crippen LogP contribution in [0.1, 0.15) is 22.5 Å². The number of aromatic amines is 1. The van der Waals surface area contributed by atoms with Crippen LogP contribution in [0.3, 0.4) is 0 Å². The first-order valence-electron chi connectivity index (χ1n) is 8.64. The van der Waals surface area contributed by atoms with E-state index in [4.69, 9.17) is 4.74 Å². The Labute approximate surface area is 164 Å². The number of nitrogens with zero attached hydrogens (tertiary/aromatic N) is 5. The van der Waals surface area contributed by atoms with Gasteiger partial charge in [-0.15, -0.1) is 0 Å². The molecule has 0 radical (unpaired) electrons. The molecule has 1 aliphatic heterocycles. The Morgan fingerprint density at radius 2 is 2.13 bits per heavy atom. The zero-order valence-electron chi connectivity index (χ0n) is 15.0. The number of carbonyl (C=O) groups excluding carboxylic acids is 1. The number of halogens is 5. The van der Waals surface area contributed by atoms with Gasteiger partial charge in [-0.3, -0.25) is 9.89 Å². The number of morpholine rings is 1. The van der Waals surface area contributed by atoms with E-state index in [1.165, 1.54) is 16.8 Å². The third-order valence-corrected chi connectivity index (χ3v) is 4.53. The number of anilines is 2. The fourth-order valence-electron chi connectivity index (χ4n) is 3.08. The highest BCUT2D eigenvalue weighted by Gasteiger charge is 2.46. The third kappa shape index (κ3) is 3.65. The quantitative estimate of drug-likeness (QED) is 0.616. The lowest BCUT2D eigenvalue weighted by molar-refractivity contribution is -0.167. The normalized spacial score (nSPS) is 17.7. The molecule has 0 saturated carbocycles. The molecule has 2 N–H and O–H groups in total. The lowest BCUT2D eigenvalue weighted by Gasteiger charge is -2.37. The van der Waals surface area contributed by atoms with Crippen molar-refractivity contribution in [3.05, 3.63) is 35.9 Å². The van der Waals surface area contributed by atoms with E-state index in [1.807, 2.05) is 0 Å². The van der Waals surface area contributed by atoms with Gasteiger partial charge in [0.1, 0.15) is 23.1 Å². The van der Waals surface area contributed by atoms with Gasteiger partial charge in [0.15, 0.2) is 5.65 Å². The lowest BCUT2D eigenvalue weighted by atomic mass is 10.2. The molecule has 0 spiro atoms. The van der Waals surface area contributed by atoms with Crippen molar-refractivity contribution in [2.75, 3.05) is 30.0 Å². The number of hydrogen-bond donors (Lipinski definition) is 2. The van der Waals surface area contributed by atoms with Gasteiger partial charge < -0.3 is 15.0 Å². The van der Waals surface area contributed by atoms with Crippen LogP contribution >= 0.6 is 0 Å². The molecule has 3 aromatic heterocycles. The van der Waals surface area contributed by atoms with Gasteiger partial charge in [-0.2, -0.15) is 23.4 Å². The number of ether oxygens (including phenoxy) is 1. The minimum atomic E-state index is -4.54. The third-order valence-electron chi connectivity index (χ3n) is 4.53. The molecule has 1 saturated heterocycles. The van der Waals surface area contributed by atoms with Gasteiger partial charge in [0.25, 0.3) is 12.3 Å². The number of H-pyrrole nitrogens is 1. The maximum Gasteiger partial charge on any atom is 0.411 e. The van der Waals surface area contributed by atoms with Crippen LogP contribution in [0, 0.1) is 0 Å². The minimum Gasteiger partial charge on any atom is -0.377 e. The highest BCUT2D eigenvalue weighted by Crippen LogP contribution is 2.30. The summed E-state index contributed by atoms with van der Waals surface area (Å²) in [5.74, 6) is -0.827. The second kappa shape index (κ2) is 7.51. The van der Waals surface area contributed by atoms with Crippen molar-refractivity contribution in [2.45, 2.75) is 18.6 Å². The van der Waals surface area contributed by atoms with Crippen LogP contribution < -0.4 is 10.2 Å². The molecule has 0 bridgehead atoms. The van der Waals surface area contributed by atoms with Gasteiger partial charge in [-0.05, 0) is 6.07 Å². The molecule has 9 nitrogen and oxygen atoms in total. The molecule has 1 amide bonds. The molecule has 1 atom stereocenters.